The summed E-state index contributed by atoms with van der Waals surface area (Å²) < 4.78 is 6.05. The summed E-state index contributed by atoms with van der Waals surface area (Å²) in [6, 6.07) is 5.78. The van der Waals surface area contributed by atoms with Gasteiger partial charge in [0.05, 0.1) is 15.3 Å². The van der Waals surface area contributed by atoms with Crippen molar-refractivity contribution in [1.82, 2.24) is 5.16 Å². The maximum atomic E-state index is 12.3. The van der Waals surface area contributed by atoms with Crippen molar-refractivity contribution < 1.29 is 9.32 Å². The molecule has 0 aliphatic heterocycles. The van der Waals surface area contributed by atoms with E-state index in [2.05, 4.69) is 16.5 Å². The van der Waals surface area contributed by atoms with Gasteiger partial charge < -0.3 is 9.84 Å². The average molecular weight is 336 g/mol. The second kappa shape index (κ2) is 5.75. The fourth-order valence-corrected chi connectivity index (χ4v) is 3.56. The Hall–Kier alpha value is -1.84. The number of nitrogens with zero attached hydrogens (tertiary/aromatic N) is 2. The van der Waals surface area contributed by atoms with E-state index in [4.69, 9.17) is 16.1 Å². The van der Waals surface area contributed by atoms with E-state index in [1.807, 2.05) is 13.0 Å². The fourth-order valence-electron chi connectivity index (χ4n) is 2.51. The molecule has 1 saturated carbocycles. The van der Waals surface area contributed by atoms with Crippen LogP contribution in [-0.4, -0.2) is 11.1 Å². The number of nitriles is 1. The second-order valence-electron chi connectivity index (χ2n) is 5.30. The van der Waals surface area contributed by atoms with Crippen LogP contribution in [0.25, 0.3) is 10.6 Å². The number of nitrogens with one attached hydrogen (secondary N) is 1. The van der Waals surface area contributed by atoms with E-state index >= 15 is 0 Å². The van der Waals surface area contributed by atoms with Crippen LogP contribution in [0.3, 0.4) is 0 Å². The van der Waals surface area contributed by atoms with Gasteiger partial charge in [0.1, 0.15) is 5.41 Å². The minimum Gasteiger partial charge on any atom is -0.353 e. The number of anilines is 1. The molecule has 0 saturated heterocycles. The van der Waals surface area contributed by atoms with Crippen molar-refractivity contribution in [3.63, 3.8) is 0 Å². The van der Waals surface area contributed by atoms with Crippen LogP contribution in [-0.2, 0) is 11.2 Å². The largest absolute Gasteiger partial charge is 0.353 e. The normalized spacial score (nSPS) is 15.9. The number of hydrogen-bond donors (Lipinski definition) is 1. The molecule has 5 nitrogen and oxygen atoms in total. The third-order valence-electron chi connectivity index (χ3n) is 4.03. The van der Waals surface area contributed by atoms with Crippen LogP contribution in [0.1, 0.15) is 31.7 Å². The summed E-state index contributed by atoms with van der Waals surface area (Å²) in [5.74, 6) is 0.725. The predicted molar refractivity (Wildman–Crippen MR) is 84.7 cm³/mol. The first-order chi connectivity index (χ1) is 10.6. The van der Waals surface area contributed by atoms with Crippen molar-refractivity contribution in [3.8, 4) is 16.7 Å². The predicted octanol–water partition coefficient (Wildman–Crippen LogP) is 4.25. The quantitative estimate of drug-likeness (QED) is 0.905. The molecule has 1 aliphatic carbocycles. The molecule has 2 heterocycles. The van der Waals surface area contributed by atoms with E-state index in [9.17, 15) is 10.1 Å². The standard InChI is InChI=1S/C15H14ClN3O2S/c1-2-9-12(10-4-5-11(16)22-10)21-19-13(9)18-14(20)15(8-17)6-3-7-15/h4-5H,2-3,6-7H2,1H3,(H,18,19,20). The molecule has 3 rings (SSSR count). The Morgan fingerprint density at radius 3 is 2.86 bits per heavy atom. The molecule has 1 fully saturated rings. The second-order valence-corrected chi connectivity index (χ2v) is 7.01. The van der Waals surface area contributed by atoms with Crippen LogP contribution >= 0.6 is 22.9 Å². The molecule has 2 aromatic heterocycles. The van der Waals surface area contributed by atoms with Crippen LogP contribution in [0.2, 0.25) is 4.34 Å². The molecule has 0 radical (unpaired) electrons. The van der Waals surface area contributed by atoms with Crippen LogP contribution in [0.15, 0.2) is 16.7 Å². The topological polar surface area (TPSA) is 78.9 Å². The van der Waals surface area contributed by atoms with E-state index in [0.29, 0.717) is 35.2 Å². The van der Waals surface area contributed by atoms with Crippen LogP contribution in [0.5, 0.6) is 0 Å². The van der Waals surface area contributed by atoms with Gasteiger partial charge in [0, 0.05) is 5.56 Å². The molecule has 22 heavy (non-hydrogen) atoms. The maximum Gasteiger partial charge on any atom is 0.246 e. The average Bonchev–Trinajstić information content (AvgIpc) is 3.04. The van der Waals surface area contributed by atoms with Crippen molar-refractivity contribution >= 4 is 34.7 Å². The summed E-state index contributed by atoms with van der Waals surface area (Å²) in [6.07, 6.45) is 2.76. The van der Waals surface area contributed by atoms with Crippen LogP contribution < -0.4 is 5.32 Å². The lowest BCUT2D eigenvalue weighted by atomic mass is 9.69. The van der Waals surface area contributed by atoms with E-state index in [1.54, 1.807) is 6.07 Å². The number of carbonyl (C=O) groups excluding carboxylic acids is 1. The fraction of sp³-hybridized carbons (Fsp3) is 0.400. The van der Waals surface area contributed by atoms with Crippen LogP contribution in [0.4, 0.5) is 5.82 Å². The summed E-state index contributed by atoms with van der Waals surface area (Å²) in [6.45, 7) is 1.96. The molecule has 0 aromatic carbocycles. The van der Waals surface area contributed by atoms with E-state index in [1.165, 1.54) is 11.3 Å². The Morgan fingerprint density at radius 1 is 1.59 bits per heavy atom. The minimum absolute atomic E-state index is 0.292. The van der Waals surface area contributed by atoms with Gasteiger partial charge in [0.2, 0.25) is 5.91 Å². The Balaban J connectivity index is 1.88. The zero-order valence-electron chi connectivity index (χ0n) is 12.0. The van der Waals surface area contributed by atoms with Crippen molar-refractivity contribution in [2.24, 2.45) is 5.41 Å². The number of thiophene rings is 1. The molecule has 1 N–H and O–H groups in total. The highest BCUT2D eigenvalue weighted by Crippen LogP contribution is 2.42. The first-order valence-corrected chi connectivity index (χ1v) is 8.26. The van der Waals surface area contributed by atoms with Gasteiger partial charge >= 0.3 is 0 Å². The van der Waals surface area contributed by atoms with Crippen LogP contribution in [0, 0.1) is 16.7 Å². The van der Waals surface area contributed by atoms with Gasteiger partial charge in [0.25, 0.3) is 0 Å². The summed E-state index contributed by atoms with van der Waals surface area (Å²) in [5, 5.41) is 16.0. The molecule has 2 aromatic rings. The number of amides is 1. The Bertz CT molecular complexity index is 755. The number of rotatable bonds is 4. The molecule has 114 valence electrons. The third kappa shape index (κ3) is 2.40. The lowest BCUT2D eigenvalue weighted by Gasteiger charge is -2.32. The lowest BCUT2D eigenvalue weighted by molar-refractivity contribution is -0.126. The maximum absolute atomic E-state index is 12.3. The van der Waals surface area contributed by atoms with Gasteiger partial charge in [-0.05, 0) is 37.8 Å². The highest BCUT2D eigenvalue weighted by atomic mass is 35.5. The molecular formula is C15H14ClN3O2S. The molecular weight excluding hydrogens is 322 g/mol. The lowest BCUT2D eigenvalue weighted by Crippen LogP contribution is -2.40. The van der Waals surface area contributed by atoms with Gasteiger partial charge in [-0.15, -0.1) is 11.3 Å². The first kappa shape index (κ1) is 15.1. The molecule has 0 atom stereocenters. The monoisotopic (exact) mass is 335 g/mol. The summed E-state index contributed by atoms with van der Waals surface area (Å²) in [4.78, 5) is 13.2. The number of aromatic nitrogens is 1. The Labute approximate surface area is 136 Å². The SMILES string of the molecule is CCc1c(NC(=O)C2(C#N)CCC2)noc1-c1ccc(Cl)s1. The van der Waals surface area contributed by atoms with Crippen molar-refractivity contribution in [1.29, 1.82) is 5.26 Å². The summed E-state index contributed by atoms with van der Waals surface area (Å²) in [7, 11) is 0. The zero-order valence-corrected chi connectivity index (χ0v) is 13.6. The molecule has 7 heteroatoms. The van der Waals surface area contributed by atoms with E-state index < -0.39 is 5.41 Å². The number of carbonyl (C=O) groups is 1. The van der Waals surface area contributed by atoms with Gasteiger partial charge in [0.15, 0.2) is 11.6 Å². The third-order valence-corrected chi connectivity index (χ3v) is 5.26. The van der Waals surface area contributed by atoms with Crippen molar-refractivity contribution in [3.05, 3.63) is 22.0 Å². The van der Waals surface area contributed by atoms with Gasteiger partial charge in [-0.25, -0.2) is 0 Å². The zero-order chi connectivity index (χ0) is 15.7. The van der Waals surface area contributed by atoms with E-state index in [0.717, 1.165) is 16.9 Å². The highest BCUT2D eigenvalue weighted by Gasteiger charge is 2.45. The number of halogens is 1. The van der Waals surface area contributed by atoms with Gasteiger partial charge in [-0.2, -0.15) is 5.26 Å². The first-order valence-electron chi connectivity index (χ1n) is 7.06. The summed E-state index contributed by atoms with van der Waals surface area (Å²) >= 11 is 7.35. The van der Waals surface area contributed by atoms with Gasteiger partial charge in [-0.1, -0.05) is 23.7 Å². The minimum atomic E-state index is -0.906. The number of hydrogen-bond acceptors (Lipinski definition) is 5. The Kier molecular flexibility index (Phi) is 3.94. The summed E-state index contributed by atoms with van der Waals surface area (Å²) in [5.41, 5.74) is -0.0876. The van der Waals surface area contributed by atoms with Crippen molar-refractivity contribution in [2.45, 2.75) is 32.6 Å². The smallest absolute Gasteiger partial charge is 0.246 e. The van der Waals surface area contributed by atoms with Gasteiger partial charge in [-0.3, -0.25) is 4.79 Å². The Morgan fingerprint density at radius 2 is 2.36 bits per heavy atom. The van der Waals surface area contributed by atoms with E-state index in [-0.39, 0.29) is 5.91 Å². The molecule has 0 bridgehead atoms. The molecule has 0 spiro atoms. The molecule has 0 unspecified atom stereocenters. The van der Waals surface area contributed by atoms with Crippen molar-refractivity contribution in [2.75, 3.05) is 5.32 Å². The molecule has 1 aliphatic rings. The highest BCUT2D eigenvalue weighted by molar-refractivity contribution is 7.19. The molecule has 1 amide bonds.